The van der Waals surface area contributed by atoms with Crippen LogP contribution in [0.4, 0.5) is 0 Å². The van der Waals surface area contributed by atoms with Crippen LogP contribution >= 0.6 is 0 Å². The molecular formula is C22H24N. The average molecular weight is 302 g/mol. The number of benzene rings is 2. The second kappa shape index (κ2) is 7.01. The number of nitriles is 1. The van der Waals surface area contributed by atoms with E-state index in [1.165, 1.54) is 48.8 Å². The van der Waals surface area contributed by atoms with Crippen LogP contribution in [-0.2, 0) is 5.41 Å². The third-order valence-electron chi connectivity index (χ3n) is 5.16. The molecule has 0 N–H and O–H groups in total. The Kier molecular flexibility index (Phi) is 4.82. The summed E-state index contributed by atoms with van der Waals surface area (Å²) in [6.45, 7) is 2.24. The summed E-state index contributed by atoms with van der Waals surface area (Å²) in [5, 5.41) is 9.72. The summed E-state index contributed by atoms with van der Waals surface area (Å²) in [5.74, 6) is 0.557. The summed E-state index contributed by atoms with van der Waals surface area (Å²) in [7, 11) is 0. The number of nitrogens with zero attached hydrogens (tertiary/aromatic N) is 1. The van der Waals surface area contributed by atoms with Crippen molar-refractivity contribution in [2.45, 2.75) is 50.9 Å². The quantitative estimate of drug-likeness (QED) is 0.584. The Morgan fingerprint density at radius 2 is 1.74 bits per heavy atom. The summed E-state index contributed by atoms with van der Waals surface area (Å²) in [5.41, 5.74) is 3.39. The van der Waals surface area contributed by atoms with Crippen molar-refractivity contribution >= 4 is 0 Å². The lowest BCUT2D eigenvalue weighted by atomic mass is 9.91. The molecule has 0 spiro atoms. The summed E-state index contributed by atoms with van der Waals surface area (Å²) in [4.78, 5) is 0. The van der Waals surface area contributed by atoms with Crippen LogP contribution in [0, 0.1) is 23.3 Å². The number of unbranched alkanes of at least 4 members (excludes halogenated alkanes) is 3. The van der Waals surface area contributed by atoms with Gasteiger partial charge in [0, 0.05) is 0 Å². The molecule has 0 unspecified atom stereocenters. The largest absolute Gasteiger partial charge is 0.197 e. The van der Waals surface area contributed by atoms with E-state index in [1.807, 2.05) is 12.1 Å². The highest BCUT2D eigenvalue weighted by molar-refractivity contribution is 5.64. The number of hydrogen-bond acceptors (Lipinski definition) is 1. The zero-order valence-corrected chi connectivity index (χ0v) is 13.9. The molecule has 1 saturated carbocycles. The van der Waals surface area contributed by atoms with Gasteiger partial charge in [-0.25, -0.2) is 0 Å². The maximum Gasteiger partial charge on any atom is 0.0854 e. The van der Waals surface area contributed by atoms with Gasteiger partial charge in [-0.15, -0.1) is 0 Å². The van der Waals surface area contributed by atoms with E-state index in [9.17, 15) is 5.26 Å². The maximum absolute atomic E-state index is 9.72. The van der Waals surface area contributed by atoms with Crippen LogP contribution in [0.5, 0.6) is 0 Å². The van der Waals surface area contributed by atoms with Crippen LogP contribution in [0.1, 0.15) is 51.0 Å². The van der Waals surface area contributed by atoms with Crippen molar-refractivity contribution in [2.24, 2.45) is 5.92 Å². The van der Waals surface area contributed by atoms with E-state index in [4.69, 9.17) is 0 Å². The van der Waals surface area contributed by atoms with Crippen LogP contribution in [0.15, 0.2) is 48.5 Å². The minimum atomic E-state index is -0.213. The Bertz CT molecular complexity index is 665. The van der Waals surface area contributed by atoms with Gasteiger partial charge in [0.2, 0.25) is 0 Å². The summed E-state index contributed by atoms with van der Waals surface area (Å²) in [6.07, 6.45) is 7.39. The van der Waals surface area contributed by atoms with Gasteiger partial charge in [0.25, 0.3) is 0 Å². The fourth-order valence-corrected chi connectivity index (χ4v) is 3.59. The highest BCUT2D eigenvalue weighted by Gasteiger charge is 2.55. The molecule has 2 aromatic carbocycles. The van der Waals surface area contributed by atoms with Crippen molar-refractivity contribution in [1.82, 2.24) is 0 Å². The molecule has 1 nitrogen and oxygen atoms in total. The first-order valence-corrected chi connectivity index (χ1v) is 8.78. The Hall–Kier alpha value is -2.07. The number of rotatable bonds is 7. The molecule has 0 aromatic heterocycles. The molecule has 2 aromatic rings. The van der Waals surface area contributed by atoms with Gasteiger partial charge in [-0.3, -0.25) is 0 Å². The predicted octanol–water partition coefficient (Wildman–Crippen LogP) is 5.91. The van der Waals surface area contributed by atoms with Crippen molar-refractivity contribution in [3.05, 3.63) is 60.2 Å². The summed E-state index contributed by atoms with van der Waals surface area (Å²) >= 11 is 0. The third kappa shape index (κ3) is 3.32. The molecule has 117 valence electrons. The third-order valence-corrected chi connectivity index (χ3v) is 5.16. The minimum Gasteiger partial charge on any atom is -0.197 e. The normalized spacial score (nSPS) is 22.5. The Balaban J connectivity index is 1.68. The Morgan fingerprint density at radius 3 is 2.39 bits per heavy atom. The lowest BCUT2D eigenvalue weighted by Gasteiger charge is -2.11. The zero-order valence-electron chi connectivity index (χ0n) is 13.9. The molecule has 3 rings (SSSR count). The van der Waals surface area contributed by atoms with Crippen LogP contribution < -0.4 is 0 Å². The molecule has 1 radical (unpaired) electrons. The van der Waals surface area contributed by atoms with E-state index < -0.39 is 0 Å². The van der Waals surface area contributed by atoms with Gasteiger partial charge >= 0.3 is 0 Å². The SMILES string of the molecule is CCCCCC[C@H]1C[C@]1(C#N)c1ccc(-c2cc[c]cc2)cc1. The predicted molar refractivity (Wildman–Crippen MR) is 94.9 cm³/mol. The van der Waals surface area contributed by atoms with Gasteiger partial charge in [0.1, 0.15) is 0 Å². The van der Waals surface area contributed by atoms with Gasteiger partial charge in [-0.2, -0.15) is 5.26 Å². The van der Waals surface area contributed by atoms with Crippen molar-refractivity contribution in [3.8, 4) is 17.2 Å². The monoisotopic (exact) mass is 302 g/mol. The standard InChI is InChI=1S/C22H24N/c1-2-3-4-8-11-21-16-22(21,17-23)20-14-12-19(13-15-20)18-9-6-5-7-10-18/h6-7,9-10,12-15,21H,2-4,8,11,16H2,1H3/t21-,22-/m0/s1. The second-order valence-electron chi connectivity index (χ2n) is 6.70. The van der Waals surface area contributed by atoms with Crippen LogP contribution in [0.3, 0.4) is 0 Å². The van der Waals surface area contributed by atoms with Crippen molar-refractivity contribution in [3.63, 3.8) is 0 Å². The van der Waals surface area contributed by atoms with Crippen LogP contribution in [0.25, 0.3) is 11.1 Å². The molecule has 1 aliphatic rings. The molecular weight excluding hydrogens is 278 g/mol. The van der Waals surface area contributed by atoms with Crippen LogP contribution in [0.2, 0.25) is 0 Å². The topological polar surface area (TPSA) is 23.8 Å². The molecule has 1 heteroatoms. The molecule has 1 aliphatic carbocycles. The highest BCUT2D eigenvalue weighted by atomic mass is 14.6. The molecule has 0 aliphatic heterocycles. The van der Waals surface area contributed by atoms with E-state index in [2.05, 4.69) is 55.5 Å². The van der Waals surface area contributed by atoms with E-state index in [-0.39, 0.29) is 5.41 Å². The molecule has 0 bridgehead atoms. The summed E-state index contributed by atoms with van der Waals surface area (Å²) in [6, 6.07) is 22.3. The van der Waals surface area contributed by atoms with E-state index in [0.29, 0.717) is 5.92 Å². The fourth-order valence-electron chi connectivity index (χ4n) is 3.59. The lowest BCUT2D eigenvalue weighted by molar-refractivity contribution is 0.571. The molecule has 0 heterocycles. The van der Waals surface area contributed by atoms with Crippen LogP contribution in [-0.4, -0.2) is 0 Å². The zero-order chi connectivity index (χ0) is 16.1. The number of hydrogen-bond donors (Lipinski definition) is 0. The Labute approximate surface area is 140 Å². The van der Waals surface area contributed by atoms with Gasteiger partial charge < -0.3 is 0 Å². The van der Waals surface area contributed by atoms with Crippen molar-refractivity contribution in [2.75, 3.05) is 0 Å². The molecule has 2 atom stereocenters. The average Bonchev–Trinajstić information content (AvgIpc) is 3.34. The highest BCUT2D eigenvalue weighted by Crippen LogP contribution is 2.56. The van der Waals surface area contributed by atoms with Crippen molar-refractivity contribution < 1.29 is 0 Å². The van der Waals surface area contributed by atoms with Gasteiger partial charge in [0.05, 0.1) is 11.5 Å². The first kappa shape index (κ1) is 15.8. The van der Waals surface area contributed by atoms with E-state index in [1.54, 1.807) is 0 Å². The van der Waals surface area contributed by atoms with E-state index in [0.717, 1.165) is 6.42 Å². The van der Waals surface area contributed by atoms with Crippen molar-refractivity contribution in [1.29, 1.82) is 5.26 Å². The first-order chi connectivity index (χ1) is 11.3. The van der Waals surface area contributed by atoms with E-state index >= 15 is 0 Å². The Morgan fingerprint density at radius 1 is 1.04 bits per heavy atom. The van der Waals surface area contributed by atoms with Gasteiger partial charge in [-0.05, 0) is 41.5 Å². The maximum atomic E-state index is 9.72. The minimum absolute atomic E-state index is 0.213. The van der Waals surface area contributed by atoms with Gasteiger partial charge in [0.15, 0.2) is 0 Å². The molecule has 1 fully saturated rings. The smallest absolute Gasteiger partial charge is 0.0854 e. The van der Waals surface area contributed by atoms with Gasteiger partial charge in [-0.1, -0.05) is 81.1 Å². The first-order valence-electron chi connectivity index (χ1n) is 8.78. The molecule has 23 heavy (non-hydrogen) atoms. The second-order valence-corrected chi connectivity index (χ2v) is 6.70. The molecule has 0 amide bonds. The molecule has 0 saturated heterocycles. The fraction of sp³-hybridized carbons (Fsp3) is 0.409. The summed E-state index contributed by atoms with van der Waals surface area (Å²) < 4.78 is 0. The lowest BCUT2D eigenvalue weighted by Crippen LogP contribution is -2.07.